The monoisotopic (exact) mass is 259 g/mol. The van der Waals surface area contributed by atoms with Crippen LogP contribution in [0.25, 0.3) is 0 Å². The van der Waals surface area contributed by atoms with E-state index in [2.05, 4.69) is 40.0 Å². The molecule has 0 aliphatic carbocycles. The number of rotatable bonds is 1. The van der Waals surface area contributed by atoms with Crippen molar-refractivity contribution in [2.24, 2.45) is 4.99 Å². The van der Waals surface area contributed by atoms with Gasteiger partial charge in [-0.3, -0.25) is 0 Å². The van der Waals surface area contributed by atoms with Crippen LogP contribution in [0.3, 0.4) is 0 Å². The van der Waals surface area contributed by atoms with Gasteiger partial charge in [0, 0.05) is 11.8 Å². The van der Waals surface area contributed by atoms with Crippen LogP contribution in [0.1, 0.15) is 24.8 Å². The van der Waals surface area contributed by atoms with Crippen molar-refractivity contribution in [2.45, 2.75) is 26.0 Å². The van der Waals surface area contributed by atoms with E-state index in [1.165, 1.54) is 4.88 Å². The zero-order valence-corrected chi connectivity index (χ0v) is 9.85. The highest BCUT2D eigenvalue weighted by Gasteiger charge is 2.27. The van der Waals surface area contributed by atoms with Gasteiger partial charge in [0.05, 0.1) is 3.79 Å². The second-order valence-corrected chi connectivity index (χ2v) is 5.55. The quantitative estimate of drug-likeness (QED) is 0.758. The van der Waals surface area contributed by atoms with Gasteiger partial charge in [-0.05, 0) is 35.0 Å². The van der Waals surface area contributed by atoms with Crippen molar-refractivity contribution in [1.82, 2.24) is 0 Å². The van der Waals surface area contributed by atoms with E-state index in [1.807, 2.05) is 6.92 Å². The molecule has 0 amide bonds. The first-order valence-corrected chi connectivity index (χ1v) is 5.74. The van der Waals surface area contributed by atoms with Gasteiger partial charge in [-0.1, -0.05) is 0 Å². The lowest BCUT2D eigenvalue weighted by atomic mass is 10.2. The maximum atomic E-state index is 5.48. The number of aliphatic imine (C=N–C) groups is 1. The third kappa shape index (κ3) is 1.79. The first-order valence-electron chi connectivity index (χ1n) is 4.13. The van der Waals surface area contributed by atoms with Crippen LogP contribution in [-0.2, 0) is 4.74 Å². The highest BCUT2D eigenvalue weighted by Crippen LogP contribution is 2.35. The average Bonchev–Trinajstić information content (AvgIpc) is 2.58. The maximum Gasteiger partial charge on any atom is 0.181 e. The van der Waals surface area contributed by atoms with Gasteiger partial charge >= 0.3 is 0 Å². The molecule has 4 heteroatoms. The van der Waals surface area contributed by atoms with Gasteiger partial charge < -0.3 is 4.74 Å². The van der Waals surface area contributed by atoms with E-state index in [4.69, 9.17) is 4.74 Å². The molecule has 2 atom stereocenters. The highest BCUT2D eigenvalue weighted by atomic mass is 79.9. The number of halogens is 1. The molecule has 2 rings (SSSR count). The fourth-order valence-electron chi connectivity index (χ4n) is 1.45. The molecule has 0 radical (unpaired) electrons. The minimum atomic E-state index is 0.172. The molecule has 0 saturated heterocycles. The van der Waals surface area contributed by atoms with E-state index in [1.54, 1.807) is 11.3 Å². The Morgan fingerprint density at radius 3 is 2.77 bits per heavy atom. The summed E-state index contributed by atoms with van der Waals surface area (Å²) in [5.74, 6) is 0.794. The zero-order chi connectivity index (χ0) is 9.42. The largest absolute Gasteiger partial charge is 0.476 e. The summed E-state index contributed by atoms with van der Waals surface area (Å²) in [5, 5.41) is 0. The Hall–Kier alpha value is -0.350. The Morgan fingerprint density at radius 1 is 1.54 bits per heavy atom. The molecule has 1 aromatic heterocycles. The van der Waals surface area contributed by atoms with Crippen LogP contribution in [0, 0.1) is 0 Å². The number of ether oxygens (including phenoxy) is 1. The number of nitrogens with zero attached hydrogens (tertiary/aromatic N) is 1. The van der Waals surface area contributed by atoms with Gasteiger partial charge in [-0.2, -0.15) is 0 Å². The SMILES string of the molecule is CC1=N[C@H](c2ccc(Br)s2)[C@@H](C)O1. The molecular weight excluding hydrogens is 250 g/mol. The normalized spacial score (nSPS) is 27.2. The lowest BCUT2D eigenvalue weighted by molar-refractivity contribution is 0.213. The van der Waals surface area contributed by atoms with Crippen molar-refractivity contribution in [1.29, 1.82) is 0 Å². The Morgan fingerprint density at radius 2 is 2.31 bits per heavy atom. The van der Waals surface area contributed by atoms with Crippen molar-refractivity contribution in [3.63, 3.8) is 0 Å². The van der Waals surface area contributed by atoms with Crippen molar-refractivity contribution >= 4 is 33.2 Å². The van der Waals surface area contributed by atoms with Crippen LogP contribution in [0.4, 0.5) is 0 Å². The van der Waals surface area contributed by atoms with E-state index in [9.17, 15) is 0 Å². The van der Waals surface area contributed by atoms with E-state index >= 15 is 0 Å². The molecule has 0 unspecified atom stereocenters. The molecule has 13 heavy (non-hydrogen) atoms. The molecule has 0 saturated carbocycles. The van der Waals surface area contributed by atoms with E-state index in [-0.39, 0.29) is 12.1 Å². The third-order valence-corrected chi connectivity index (χ3v) is 3.70. The van der Waals surface area contributed by atoms with E-state index in [0.29, 0.717) is 0 Å². The molecule has 0 fully saturated rings. The summed E-state index contributed by atoms with van der Waals surface area (Å²) in [5.41, 5.74) is 0. The average molecular weight is 260 g/mol. The second kappa shape index (κ2) is 3.42. The predicted octanol–water partition coefficient (Wildman–Crippen LogP) is 3.39. The molecule has 1 aliphatic heterocycles. The summed E-state index contributed by atoms with van der Waals surface area (Å²) < 4.78 is 6.63. The zero-order valence-electron chi connectivity index (χ0n) is 7.45. The Kier molecular flexibility index (Phi) is 2.43. The summed E-state index contributed by atoms with van der Waals surface area (Å²) in [6, 6.07) is 4.34. The van der Waals surface area contributed by atoms with Crippen LogP contribution < -0.4 is 0 Å². The summed E-state index contributed by atoms with van der Waals surface area (Å²) in [7, 11) is 0. The summed E-state index contributed by atoms with van der Waals surface area (Å²) in [6.07, 6.45) is 0.172. The lowest BCUT2D eigenvalue weighted by Crippen LogP contribution is -2.09. The van der Waals surface area contributed by atoms with Crippen LogP contribution in [0.2, 0.25) is 0 Å². The molecule has 70 valence electrons. The van der Waals surface area contributed by atoms with Crippen molar-refractivity contribution in [3.05, 3.63) is 20.8 Å². The first kappa shape index (κ1) is 9.21. The van der Waals surface area contributed by atoms with Crippen molar-refractivity contribution in [2.75, 3.05) is 0 Å². The molecule has 1 aromatic rings. The Bertz CT molecular complexity index is 347. The smallest absolute Gasteiger partial charge is 0.181 e. The van der Waals surface area contributed by atoms with Crippen molar-refractivity contribution in [3.8, 4) is 0 Å². The number of hydrogen-bond donors (Lipinski definition) is 0. The van der Waals surface area contributed by atoms with Gasteiger partial charge in [-0.25, -0.2) is 4.99 Å². The molecule has 0 bridgehead atoms. The Labute approximate surface area is 89.8 Å². The van der Waals surface area contributed by atoms with Gasteiger partial charge in [-0.15, -0.1) is 11.3 Å². The van der Waals surface area contributed by atoms with E-state index < -0.39 is 0 Å². The molecule has 0 spiro atoms. The molecule has 1 aliphatic rings. The second-order valence-electron chi connectivity index (χ2n) is 3.06. The van der Waals surface area contributed by atoms with Gasteiger partial charge in [0.25, 0.3) is 0 Å². The molecular formula is C9H10BrNOS. The Balaban J connectivity index is 2.26. The summed E-state index contributed by atoms with van der Waals surface area (Å²) in [6.45, 7) is 3.96. The van der Waals surface area contributed by atoms with Crippen LogP contribution in [0.5, 0.6) is 0 Å². The van der Waals surface area contributed by atoms with Gasteiger partial charge in [0.2, 0.25) is 0 Å². The molecule has 2 heterocycles. The fraction of sp³-hybridized carbons (Fsp3) is 0.444. The topological polar surface area (TPSA) is 21.6 Å². The third-order valence-electron chi connectivity index (χ3n) is 2.01. The van der Waals surface area contributed by atoms with Crippen molar-refractivity contribution < 1.29 is 4.74 Å². The minimum absolute atomic E-state index is 0.172. The van der Waals surface area contributed by atoms with E-state index in [0.717, 1.165) is 9.68 Å². The number of thiophene rings is 1. The molecule has 0 N–H and O–H groups in total. The van der Waals surface area contributed by atoms with Crippen LogP contribution >= 0.6 is 27.3 Å². The summed E-state index contributed by atoms with van der Waals surface area (Å²) >= 11 is 5.16. The van der Waals surface area contributed by atoms with Gasteiger partial charge in [0.15, 0.2) is 5.90 Å². The van der Waals surface area contributed by atoms with Gasteiger partial charge in [0.1, 0.15) is 12.1 Å². The summed E-state index contributed by atoms with van der Waals surface area (Å²) in [4.78, 5) is 5.70. The van der Waals surface area contributed by atoms with Crippen LogP contribution in [-0.4, -0.2) is 12.0 Å². The lowest BCUT2D eigenvalue weighted by Gasteiger charge is -2.09. The number of hydrogen-bond acceptors (Lipinski definition) is 3. The molecule has 2 nitrogen and oxygen atoms in total. The predicted molar refractivity (Wildman–Crippen MR) is 58.4 cm³/mol. The standard InChI is InChI=1S/C9H10BrNOS/c1-5-9(11-6(2)12-5)7-3-4-8(10)13-7/h3-5,9H,1-2H3/t5-,9+/m1/s1. The first-order chi connectivity index (χ1) is 6.16. The fourth-order valence-corrected chi connectivity index (χ4v) is 3.00. The highest BCUT2D eigenvalue weighted by molar-refractivity contribution is 9.11. The molecule has 0 aromatic carbocycles. The minimum Gasteiger partial charge on any atom is -0.476 e. The van der Waals surface area contributed by atoms with Crippen LogP contribution in [0.15, 0.2) is 20.9 Å². The maximum absolute atomic E-state index is 5.48.